The van der Waals surface area contributed by atoms with Gasteiger partial charge in [0.05, 0.1) is 0 Å². The van der Waals surface area contributed by atoms with E-state index in [9.17, 15) is 13.2 Å². The monoisotopic (exact) mass is 483 g/mol. The number of hydrogen-bond donors (Lipinski definition) is 0. The number of aromatic nitrogens is 2. The Labute approximate surface area is 173 Å². The minimum absolute atomic E-state index is 0.296. The molecule has 0 amide bonds. The van der Waals surface area contributed by atoms with Gasteiger partial charge in [-0.05, 0) is 0 Å². The van der Waals surface area contributed by atoms with Gasteiger partial charge in [-0.1, -0.05) is 0 Å². The molecule has 2 aromatic carbocycles. The summed E-state index contributed by atoms with van der Waals surface area (Å²) in [6, 6.07) is 9.69. The average molecular weight is 485 g/mol. The number of benzene rings is 2. The van der Waals surface area contributed by atoms with Crippen molar-refractivity contribution in [3.8, 4) is 0 Å². The van der Waals surface area contributed by atoms with E-state index in [0.29, 0.717) is 21.8 Å². The molecule has 0 radical (unpaired) electrons. The molecule has 0 atom stereocenters. The third-order valence-corrected chi connectivity index (χ3v) is 13.4. The SMILES string of the molecule is Fc1c(F)c(F)c([P-]2(Cl)(Cl)(Cl)[n+]3cccc4ccc5ccc[n+]2c5c43)c(F)c1F. The van der Waals surface area contributed by atoms with Crippen LogP contribution in [0, 0.1) is 29.1 Å². The normalized spacial score (nSPS) is 20.4. The quantitative estimate of drug-likeness (QED) is 0.108. The van der Waals surface area contributed by atoms with Crippen LogP contribution >= 0.6 is 38.0 Å². The van der Waals surface area contributed by atoms with E-state index in [1.54, 1.807) is 24.3 Å². The Balaban J connectivity index is 2.16. The molecule has 0 fully saturated rings. The van der Waals surface area contributed by atoms with Crippen molar-refractivity contribution in [1.29, 1.82) is 0 Å². The first kappa shape index (κ1) is 19.2. The Bertz CT molecular complexity index is 1350. The van der Waals surface area contributed by atoms with Gasteiger partial charge in [0.25, 0.3) is 0 Å². The van der Waals surface area contributed by atoms with Crippen molar-refractivity contribution in [2.75, 3.05) is 0 Å². The fraction of sp³-hybridized carbons (Fsp3) is 0. The maximum absolute atomic E-state index is 15.0. The third-order valence-electron chi connectivity index (χ3n) is 5.21. The van der Waals surface area contributed by atoms with E-state index in [0.717, 1.165) is 8.68 Å². The second-order valence-corrected chi connectivity index (χ2v) is 19.3. The molecule has 0 saturated heterocycles. The molecule has 11 heteroatoms. The Morgan fingerprint density at radius 2 is 0.966 bits per heavy atom. The van der Waals surface area contributed by atoms with Crippen molar-refractivity contribution in [1.82, 2.24) is 0 Å². The van der Waals surface area contributed by atoms with Crippen molar-refractivity contribution < 1.29 is 30.6 Å². The van der Waals surface area contributed by atoms with Crippen LogP contribution < -0.4 is 14.0 Å². The fourth-order valence-electron chi connectivity index (χ4n) is 3.97. The van der Waals surface area contributed by atoms with Crippen LogP contribution in [0.4, 0.5) is 22.0 Å². The molecule has 2 aromatic heterocycles. The maximum atomic E-state index is 15.0. The second-order valence-electron chi connectivity index (χ2n) is 6.75. The van der Waals surface area contributed by atoms with Gasteiger partial charge in [0.15, 0.2) is 0 Å². The zero-order valence-corrected chi connectivity index (χ0v) is 17.1. The molecule has 0 aliphatic carbocycles. The van der Waals surface area contributed by atoms with E-state index in [1.807, 2.05) is 0 Å². The molecule has 0 bridgehead atoms. The van der Waals surface area contributed by atoms with Crippen LogP contribution in [0.25, 0.3) is 21.8 Å². The van der Waals surface area contributed by atoms with Crippen molar-refractivity contribution in [3.05, 3.63) is 77.9 Å². The number of pyridine rings is 2. The molecular weight excluding hydrogens is 477 g/mol. The first-order valence-electron chi connectivity index (χ1n) is 8.11. The summed E-state index contributed by atoms with van der Waals surface area (Å²) in [6.07, 6.45) is 2.52. The summed E-state index contributed by atoms with van der Waals surface area (Å²) in [7, 11) is 0. The fourth-order valence-corrected chi connectivity index (χ4v) is 11.2. The van der Waals surface area contributed by atoms with Gasteiger partial charge >= 0.3 is 174 Å². The molecule has 0 unspecified atom stereocenters. The van der Waals surface area contributed by atoms with Gasteiger partial charge in [-0.15, -0.1) is 0 Å². The third kappa shape index (κ3) is 1.93. The van der Waals surface area contributed by atoms with E-state index in [1.165, 1.54) is 24.5 Å². The summed E-state index contributed by atoms with van der Waals surface area (Å²) in [4.78, 5) is 0. The van der Waals surface area contributed by atoms with Gasteiger partial charge in [-0.25, -0.2) is 0 Å². The van der Waals surface area contributed by atoms with Gasteiger partial charge in [-0.2, -0.15) is 0 Å². The first-order valence-corrected chi connectivity index (χ1v) is 13.4. The average Bonchev–Trinajstić information content (AvgIpc) is 2.87. The van der Waals surface area contributed by atoms with Crippen LogP contribution in [-0.4, -0.2) is 0 Å². The molecule has 1 aliphatic rings. The predicted molar refractivity (Wildman–Crippen MR) is 103 cm³/mol. The number of nitrogens with zero attached hydrogens (tertiary/aromatic N) is 2. The summed E-state index contributed by atoms with van der Waals surface area (Å²) >= 11 is 20.6. The number of hydrogen-bond acceptors (Lipinski definition) is 0. The van der Waals surface area contributed by atoms with E-state index < -0.39 is 38.7 Å². The van der Waals surface area contributed by atoms with Crippen LogP contribution in [0.2, 0.25) is 0 Å². The van der Waals surface area contributed by atoms with Gasteiger partial charge in [0.1, 0.15) is 0 Å². The van der Waals surface area contributed by atoms with E-state index >= 15 is 8.78 Å². The Morgan fingerprint density at radius 1 is 0.586 bits per heavy atom. The van der Waals surface area contributed by atoms with Crippen molar-refractivity contribution in [2.45, 2.75) is 0 Å². The van der Waals surface area contributed by atoms with Crippen LogP contribution in [0.3, 0.4) is 0 Å². The van der Waals surface area contributed by atoms with E-state index in [2.05, 4.69) is 0 Å². The van der Waals surface area contributed by atoms with Crippen molar-refractivity contribution >= 4 is 65.1 Å². The van der Waals surface area contributed by atoms with Crippen molar-refractivity contribution in [3.63, 3.8) is 0 Å². The van der Waals surface area contributed by atoms with Gasteiger partial charge in [-0.3, -0.25) is 0 Å². The Hall–Kier alpha value is -1.79. The standard InChI is InChI=1S/C18H8Cl3F5N2P/c19-29(20,21,18-14(25)12(23)11(22)13(24)15(18)26)27-7-1-3-9-5-6-10-4-2-8-28(29)17(10)16(9)27/h1-8H/q+1. The zero-order chi connectivity index (χ0) is 21.0. The second kappa shape index (κ2) is 5.09. The number of rotatable bonds is 1. The Morgan fingerprint density at radius 3 is 1.38 bits per heavy atom. The first-order chi connectivity index (χ1) is 13.4. The summed E-state index contributed by atoms with van der Waals surface area (Å²) in [6.45, 7) is 0. The molecule has 0 spiro atoms. The molecular formula is C18H8Cl3F5N2P+. The summed E-state index contributed by atoms with van der Waals surface area (Å²) < 4.78 is 67.6. The van der Waals surface area contributed by atoms with Crippen LogP contribution in [0.5, 0.6) is 0 Å². The molecule has 5 rings (SSSR count). The van der Waals surface area contributed by atoms with Crippen LogP contribution in [0.1, 0.15) is 0 Å². The number of halogens is 8. The summed E-state index contributed by atoms with van der Waals surface area (Å²) in [5, 5.41) is -0.390. The molecule has 0 N–H and O–H groups in total. The van der Waals surface area contributed by atoms with Crippen molar-refractivity contribution in [2.24, 2.45) is 0 Å². The van der Waals surface area contributed by atoms with E-state index in [-0.39, 0.29) is 0 Å². The predicted octanol–water partition coefficient (Wildman–Crippen LogP) is 5.68. The molecule has 150 valence electrons. The molecule has 1 aliphatic heterocycles. The molecule has 3 heterocycles. The minimum atomic E-state index is -6.47. The summed E-state index contributed by atoms with van der Waals surface area (Å²) in [5.41, 5.74) is 0.593. The van der Waals surface area contributed by atoms with Crippen LogP contribution in [0.15, 0.2) is 48.8 Å². The van der Waals surface area contributed by atoms with Gasteiger partial charge in [0, 0.05) is 0 Å². The van der Waals surface area contributed by atoms with Gasteiger partial charge in [0.2, 0.25) is 0 Å². The molecule has 29 heavy (non-hydrogen) atoms. The van der Waals surface area contributed by atoms with Gasteiger partial charge < -0.3 is 0 Å². The topological polar surface area (TPSA) is 7.76 Å². The molecule has 2 nitrogen and oxygen atoms in total. The zero-order valence-electron chi connectivity index (χ0n) is 14.0. The molecule has 4 aromatic rings. The van der Waals surface area contributed by atoms with E-state index in [4.69, 9.17) is 33.7 Å². The van der Waals surface area contributed by atoms with Crippen LogP contribution in [-0.2, 0) is 0 Å². The molecule has 0 saturated carbocycles. The summed E-state index contributed by atoms with van der Waals surface area (Å²) in [5.74, 6) is -11.1. The Kier molecular flexibility index (Phi) is 3.37.